The highest BCUT2D eigenvalue weighted by molar-refractivity contribution is 7.17. The van der Waals surface area contributed by atoms with Gasteiger partial charge in [0.05, 0.1) is 17.7 Å². The summed E-state index contributed by atoms with van der Waals surface area (Å²) in [7, 11) is 0. The Labute approximate surface area is 182 Å². The van der Waals surface area contributed by atoms with Gasteiger partial charge in [-0.1, -0.05) is 6.92 Å². The van der Waals surface area contributed by atoms with Gasteiger partial charge in [0.25, 0.3) is 5.91 Å². The SMILES string of the molecule is CCOC(=O)c1c(NC(=O)[C@@H](C)OC(=O)c2ccc(F)cc2F)sc2c1CC[C@H](C)C2. The third-order valence-electron chi connectivity index (χ3n) is 5.03. The standard InChI is InChI=1S/C22H23F2NO5S/c1-4-29-22(28)18-15-7-5-11(2)9-17(15)31-20(18)25-19(26)12(3)30-21(27)14-8-6-13(23)10-16(14)24/h6,8,10-12H,4-5,7,9H2,1-3H3,(H,25,26)/t11-,12+/m0/s1. The van der Waals surface area contributed by atoms with E-state index in [1.165, 1.54) is 18.3 Å². The molecular weight excluding hydrogens is 428 g/mol. The Balaban J connectivity index is 1.77. The van der Waals surface area contributed by atoms with Crippen LogP contribution in [0, 0.1) is 17.6 Å². The molecule has 0 aliphatic heterocycles. The van der Waals surface area contributed by atoms with Gasteiger partial charge >= 0.3 is 11.9 Å². The summed E-state index contributed by atoms with van der Waals surface area (Å²) in [6, 6.07) is 2.43. The fourth-order valence-electron chi connectivity index (χ4n) is 3.40. The molecule has 0 bridgehead atoms. The number of anilines is 1. The van der Waals surface area contributed by atoms with E-state index in [0.717, 1.165) is 35.4 Å². The molecule has 6 nitrogen and oxygen atoms in total. The normalized spacial score (nSPS) is 16.2. The number of carbonyl (C=O) groups is 3. The summed E-state index contributed by atoms with van der Waals surface area (Å²) in [5, 5.41) is 3.00. The molecule has 0 unspecified atom stereocenters. The number of amides is 1. The van der Waals surface area contributed by atoms with Gasteiger partial charge in [-0.2, -0.15) is 0 Å². The molecule has 0 fully saturated rings. The van der Waals surface area contributed by atoms with Crippen molar-refractivity contribution in [1.29, 1.82) is 0 Å². The second-order valence-electron chi connectivity index (χ2n) is 7.44. The summed E-state index contributed by atoms with van der Waals surface area (Å²) in [6.45, 7) is 5.35. The molecular formula is C22H23F2NO5S. The van der Waals surface area contributed by atoms with Gasteiger partial charge in [0.15, 0.2) is 6.10 Å². The zero-order chi connectivity index (χ0) is 22.7. The van der Waals surface area contributed by atoms with Gasteiger partial charge in [-0.25, -0.2) is 18.4 Å². The first-order valence-corrected chi connectivity index (χ1v) is 10.8. The highest BCUT2D eigenvalue weighted by Gasteiger charge is 2.30. The topological polar surface area (TPSA) is 81.7 Å². The molecule has 2 atom stereocenters. The Morgan fingerprint density at radius 1 is 1.26 bits per heavy atom. The number of carbonyl (C=O) groups excluding carboxylic acids is 3. The Kier molecular flexibility index (Phi) is 7.04. The Morgan fingerprint density at radius 2 is 2.00 bits per heavy atom. The Bertz CT molecular complexity index is 1020. The molecule has 0 saturated carbocycles. The molecule has 31 heavy (non-hydrogen) atoms. The highest BCUT2D eigenvalue weighted by Crippen LogP contribution is 2.40. The van der Waals surface area contributed by atoms with Crippen LogP contribution in [0.15, 0.2) is 18.2 Å². The van der Waals surface area contributed by atoms with E-state index in [-0.39, 0.29) is 6.61 Å². The number of hydrogen-bond donors (Lipinski definition) is 1. The summed E-state index contributed by atoms with van der Waals surface area (Å²) < 4.78 is 37.0. The predicted octanol–water partition coefficient (Wildman–Crippen LogP) is 4.51. The van der Waals surface area contributed by atoms with Crippen LogP contribution in [0.4, 0.5) is 13.8 Å². The maximum absolute atomic E-state index is 13.8. The molecule has 0 saturated heterocycles. The van der Waals surface area contributed by atoms with E-state index in [2.05, 4.69) is 12.2 Å². The van der Waals surface area contributed by atoms with E-state index < -0.39 is 41.1 Å². The smallest absolute Gasteiger partial charge is 0.341 e. The van der Waals surface area contributed by atoms with Crippen LogP contribution >= 0.6 is 11.3 Å². The van der Waals surface area contributed by atoms with Crippen LogP contribution in [0.5, 0.6) is 0 Å². The lowest BCUT2D eigenvalue weighted by Crippen LogP contribution is -2.30. The average molecular weight is 451 g/mol. The fraction of sp³-hybridized carbons (Fsp3) is 0.409. The van der Waals surface area contributed by atoms with Gasteiger partial charge in [-0.3, -0.25) is 4.79 Å². The number of benzene rings is 1. The summed E-state index contributed by atoms with van der Waals surface area (Å²) in [5.74, 6) is -3.72. The zero-order valence-corrected chi connectivity index (χ0v) is 18.2. The van der Waals surface area contributed by atoms with E-state index in [9.17, 15) is 23.2 Å². The Hall–Kier alpha value is -2.81. The Morgan fingerprint density at radius 3 is 2.68 bits per heavy atom. The third kappa shape index (κ3) is 5.10. The van der Waals surface area contributed by atoms with Gasteiger partial charge in [0.1, 0.15) is 16.6 Å². The number of thiophene rings is 1. The fourth-order valence-corrected chi connectivity index (χ4v) is 4.81. The van der Waals surface area contributed by atoms with Crippen LogP contribution in [0.1, 0.15) is 58.3 Å². The molecule has 1 aromatic carbocycles. The zero-order valence-electron chi connectivity index (χ0n) is 17.4. The largest absolute Gasteiger partial charge is 0.462 e. The van der Waals surface area contributed by atoms with Gasteiger partial charge in [-0.05, 0) is 56.7 Å². The molecule has 1 aliphatic carbocycles. The molecule has 3 rings (SSSR count). The summed E-state index contributed by atoms with van der Waals surface area (Å²) in [5.41, 5.74) is 0.744. The van der Waals surface area contributed by atoms with Crippen molar-refractivity contribution < 1.29 is 32.6 Å². The second-order valence-corrected chi connectivity index (χ2v) is 8.54. The first-order chi connectivity index (χ1) is 14.7. The van der Waals surface area contributed by atoms with Crippen molar-refractivity contribution in [2.24, 2.45) is 5.92 Å². The second kappa shape index (κ2) is 9.55. The third-order valence-corrected chi connectivity index (χ3v) is 6.20. The molecule has 2 aromatic rings. The van der Waals surface area contributed by atoms with Crippen molar-refractivity contribution in [2.45, 2.75) is 46.1 Å². The van der Waals surface area contributed by atoms with Crippen molar-refractivity contribution in [3.05, 3.63) is 51.4 Å². The van der Waals surface area contributed by atoms with Crippen LogP contribution in [0.3, 0.4) is 0 Å². The van der Waals surface area contributed by atoms with Crippen molar-refractivity contribution in [3.63, 3.8) is 0 Å². The van der Waals surface area contributed by atoms with Crippen molar-refractivity contribution in [3.8, 4) is 0 Å². The number of rotatable bonds is 6. The minimum atomic E-state index is -1.27. The predicted molar refractivity (Wildman–Crippen MR) is 111 cm³/mol. The number of halogens is 2. The van der Waals surface area contributed by atoms with Crippen LogP contribution in [0.2, 0.25) is 0 Å². The first-order valence-electron chi connectivity index (χ1n) is 9.99. The van der Waals surface area contributed by atoms with Crippen LogP contribution in [-0.2, 0) is 27.1 Å². The van der Waals surface area contributed by atoms with Crippen LogP contribution < -0.4 is 5.32 Å². The number of nitrogens with one attached hydrogen (secondary N) is 1. The molecule has 1 amide bonds. The number of fused-ring (bicyclic) bond motifs is 1. The number of esters is 2. The first kappa shape index (κ1) is 22.9. The summed E-state index contributed by atoms with van der Waals surface area (Å²) in [4.78, 5) is 38.4. The van der Waals surface area contributed by atoms with E-state index in [1.807, 2.05) is 0 Å². The number of ether oxygens (including phenoxy) is 2. The average Bonchev–Trinajstić information content (AvgIpc) is 3.04. The van der Waals surface area contributed by atoms with E-state index in [4.69, 9.17) is 9.47 Å². The molecule has 9 heteroatoms. The van der Waals surface area contributed by atoms with Crippen molar-refractivity contribution in [1.82, 2.24) is 0 Å². The van der Waals surface area contributed by atoms with E-state index in [1.54, 1.807) is 6.92 Å². The molecule has 1 aromatic heterocycles. The molecule has 1 aliphatic rings. The quantitative estimate of drug-likeness (QED) is 0.654. The van der Waals surface area contributed by atoms with E-state index >= 15 is 0 Å². The molecule has 0 spiro atoms. The lowest BCUT2D eigenvalue weighted by atomic mass is 9.88. The van der Waals surface area contributed by atoms with Crippen molar-refractivity contribution >= 4 is 34.2 Å². The maximum Gasteiger partial charge on any atom is 0.341 e. The summed E-state index contributed by atoms with van der Waals surface area (Å²) in [6.07, 6.45) is 1.17. The van der Waals surface area contributed by atoms with Crippen LogP contribution in [-0.4, -0.2) is 30.6 Å². The lowest BCUT2D eigenvalue weighted by Gasteiger charge is -2.18. The molecule has 1 heterocycles. The highest BCUT2D eigenvalue weighted by atomic mass is 32.1. The lowest BCUT2D eigenvalue weighted by molar-refractivity contribution is -0.123. The monoisotopic (exact) mass is 451 g/mol. The molecule has 0 radical (unpaired) electrons. The van der Waals surface area contributed by atoms with Crippen LogP contribution in [0.25, 0.3) is 0 Å². The van der Waals surface area contributed by atoms with Gasteiger partial charge in [0, 0.05) is 10.9 Å². The van der Waals surface area contributed by atoms with E-state index in [0.29, 0.717) is 29.0 Å². The molecule has 1 N–H and O–H groups in total. The maximum atomic E-state index is 13.8. The summed E-state index contributed by atoms with van der Waals surface area (Å²) >= 11 is 1.31. The minimum absolute atomic E-state index is 0.199. The number of hydrogen-bond acceptors (Lipinski definition) is 6. The molecule has 166 valence electrons. The van der Waals surface area contributed by atoms with Gasteiger partial charge in [-0.15, -0.1) is 11.3 Å². The minimum Gasteiger partial charge on any atom is -0.462 e. The van der Waals surface area contributed by atoms with Crippen molar-refractivity contribution in [2.75, 3.05) is 11.9 Å². The van der Waals surface area contributed by atoms with Gasteiger partial charge in [0.2, 0.25) is 0 Å². The van der Waals surface area contributed by atoms with Gasteiger partial charge < -0.3 is 14.8 Å².